The number of terminal acetylenes is 1. The van der Waals surface area contributed by atoms with Crippen molar-refractivity contribution in [2.24, 2.45) is 0 Å². The van der Waals surface area contributed by atoms with E-state index in [0.29, 0.717) is 41.3 Å². The van der Waals surface area contributed by atoms with Gasteiger partial charge in [-0.3, -0.25) is 4.57 Å². The Hall–Kier alpha value is -4.29. The standard InChI is InChI=1S/C26H23N3O3/c1-5-7-9-21(18(3)16-27)20-14-12-19(13-15-20)17-29-24-22(25(30)31-4)10-8-11-23(24)28-26(29)32-6-2/h1,7-15H,6,17H2,2-4H3/b9-7-,21-18-. The van der Waals surface area contributed by atoms with Gasteiger partial charge in [0.15, 0.2) is 0 Å². The maximum Gasteiger partial charge on any atom is 0.340 e. The van der Waals surface area contributed by atoms with Crippen LogP contribution in [0.25, 0.3) is 16.6 Å². The van der Waals surface area contributed by atoms with Crippen molar-refractivity contribution in [3.05, 3.63) is 76.9 Å². The number of imidazole rings is 1. The number of rotatable bonds is 7. The number of esters is 1. The van der Waals surface area contributed by atoms with E-state index in [0.717, 1.165) is 16.7 Å². The fraction of sp³-hybridized carbons (Fsp3) is 0.192. The van der Waals surface area contributed by atoms with Crippen LogP contribution in [0.5, 0.6) is 6.01 Å². The highest BCUT2D eigenvalue weighted by atomic mass is 16.5. The van der Waals surface area contributed by atoms with E-state index in [1.165, 1.54) is 7.11 Å². The third kappa shape index (κ3) is 4.55. The van der Waals surface area contributed by atoms with E-state index in [1.54, 1.807) is 31.2 Å². The molecular formula is C26H23N3O3. The van der Waals surface area contributed by atoms with Gasteiger partial charge in [-0.15, -0.1) is 6.42 Å². The van der Waals surface area contributed by atoms with E-state index in [1.807, 2.05) is 41.8 Å². The normalized spacial score (nSPS) is 11.7. The lowest BCUT2D eigenvalue weighted by Crippen LogP contribution is -2.09. The summed E-state index contributed by atoms with van der Waals surface area (Å²) in [5, 5.41) is 9.31. The largest absolute Gasteiger partial charge is 0.465 e. The Morgan fingerprint density at radius 1 is 1.25 bits per heavy atom. The van der Waals surface area contributed by atoms with Crippen LogP contribution in [0.2, 0.25) is 0 Å². The first kappa shape index (κ1) is 22.4. The third-order valence-electron chi connectivity index (χ3n) is 4.93. The first-order valence-electron chi connectivity index (χ1n) is 10.1. The molecular weight excluding hydrogens is 402 g/mol. The monoisotopic (exact) mass is 425 g/mol. The summed E-state index contributed by atoms with van der Waals surface area (Å²) >= 11 is 0. The highest BCUT2D eigenvalue weighted by molar-refractivity contribution is 6.02. The lowest BCUT2D eigenvalue weighted by Gasteiger charge is -2.12. The van der Waals surface area contributed by atoms with Crippen LogP contribution in [-0.2, 0) is 11.3 Å². The number of methoxy groups -OCH3 is 1. The van der Waals surface area contributed by atoms with Crippen molar-refractivity contribution in [3.8, 4) is 24.4 Å². The summed E-state index contributed by atoms with van der Waals surface area (Å²) in [4.78, 5) is 16.9. The number of fused-ring (bicyclic) bond motifs is 1. The molecule has 0 spiro atoms. The van der Waals surface area contributed by atoms with Gasteiger partial charge in [0.1, 0.15) is 0 Å². The summed E-state index contributed by atoms with van der Waals surface area (Å²) in [6, 6.07) is 15.7. The van der Waals surface area contributed by atoms with E-state index in [9.17, 15) is 10.1 Å². The molecule has 0 N–H and O–H groups in total. The van der Waals surface area contributed by atoms with Crippen molar-refractivity contribution in [1.29, 1.82) is 5.26 Å². The highest BCUT2D eigenvalue weighted by Gasteiger charge is 2.19. The van der Waals surface area contributed by atoms with Gasteiger partial charge in [0.2, 0.25) is 0 Å². The lowest BCUT2D eigenvalue weighted by atomic mass is 9.99. The van der Waals surface area contributed by atoms with E-state index >= 15 is 0 Å². The minimum absolute atomic E-state index is 0.425. The molecule has 32 heavy (non-hydrogen) atoms. The van der Waals surface area contributed by atoms with E-state index in [-0.39, 0.29) is 0 Å². The van der Waals surface area contributed by atoms with E-state index in [4.69, 9.17) is 15.9 Å². The lowest BCUT2D eigenvalue weighted by molar-refractivity contribution is 0.0602. The number of nitrogens with zero attached hydrogens (tertiary/aromatic N) is 3. The highest BCUT2D eigenvalue weighted by Crippen LogP contribution is 2.27. The maximum absolute atomic E-state index is 12.3. The predicted octanol–water partition coefficient (Wildman–Crippen LogP) is 4.76. The molecule has 2 aromatic carbocycles. The van der Waals surface area contributed by atoms with Crippen molar-refractivity contribution in [2.75, 3.05) is 13.7 Å². The second-order valence-electron chi connectivity index (χ2n) is 6.93. The Morgan fingerprint density at radius 2 is 2.00 bits per heavy atom. The van der Waals surface area contributed by atoms with Crippen LogP contribution in [-0.4, -0.2) is 29.2 Å². The molecule has 0 aliphatic rings. The summed E-state index contributed by atoms with van der Waals surface area (Å²) in [5.41, 5.74) is 4.94. The quantitative estimate of drug-likeness (QED) is 0.236. The van der Waals surface area contributed by atoms with Crippen LogP contribution in [0, 0.1) is 23.7 Å². The van der Waals surface area contributed by atoms with Crippen LogP contribution in [0.1, 0.15) is 35.3 Å². The minimum atomic E-state index is -0.433. The second-order valence-corrected chi connectivity index (χ2v) is 6.93. The number of hydrogen-bond donors (Lipinski definition) is 0. The van der Waals surface area contributed by atoms with Crippen LogP contribution < -0.4 is 4.74 Å². The number of para-hydroxylation sites is 1. The van der Waals surface area contributed by atoms with Crippen molar-refractivity contribution in [1.82, 2.24) is 9.55 Å². The van der Waals surface area contributed by atoms with E-state index < -0.39 is 5.97 Å². The summed E-state index contributed by atoms with van der Waals surface area (Å²) in [6.45, 7) is 4.52. The fourth-order valence-electron chi connectivity index (χ4n) is 3.43. The van der Waals surface area contributed by atoms with Gasteiger partial charge in [-0.2, -0.15) is 10.2 Å². The molecule has 0 bridgehead atoms. The molecule has 6 nitrogen and oxygen atoms in total. The number of carbonyl (C=O) groups excluding carboxylic acids is 1. The van der Waals surface area contributed by atoms with Crippen LogP contribution in [0.3, 0.4) is 0 Å². The Bertz CT molecular complexity index is 1280. The molecule has 0 radical (unpaired) electrons. The summed E-state index contributed by atoms with van der Waals surface area (Å²) in [7, 11) is 1.35. The predicted molar refractivity (Wildman–Crippen MR) is 124 cm³/mol. The Balaban J connectivity index is 2.05. The summed E-state index contributed by atoms with van der Waals surface area (Å²) in [5.74, 6) is 2.02. The number of carbonyl (C=O) groups is 1. The fourth-order valence-corrected chi connectivity index (χ4v) is 3.43. The molecule has 1 aromatic heterocycles. The number of allylic oxidation sites excluding steroid dienone is 4. The first-order valence-corrected chi connectivity index (χ1v) is 10.1. The molecule has 1 heterocycles. The molecule has 0 aliphatic carbocycles. The van der Waals surface area contributed by atoms with Gasteiger partial charge in [0.25, 0.3) is 6.01 Å². The minimum Gasteiger partial charge on any atom is -0.465 e. The van der Waals surface area contributed by atoms with Gasteiger partial charge in [-0.1, -0.05) is 36.3 Å². The first-order chi connectivity index (χ1) is 15.5. The number of aromatic nitrogens is 2. The molecule has 0 saturated heterocycles. The van der Waals surface area contributed by atoms with Gasteiger partial charge < -0.3 is 9.47 Å². The smallest absolute Gasteiger partial charge is 0.340 e. The average molecular weight is 425 g/mol. The zero-order valence-electron chi connectivity index (χ0n) is 18.3. The molecule has 0 fully saturated rings. The molecule has 0 amide bonds. The molecule has 0 atom stereocenters. The van der Waals surface area contributed by atoms with Crippen molar-refractivity contribution < 1.29 is 14.3 Å². The SMILES string of the molecule is C#C/C=C\C(=C(/C)C#N)c1ccc(Cn2c(OCC)nc3cccc(C(=O)OC)c32)cc1. The number of benzene rings is 2. The molecule has 160 valence electrons. The van der Waals surface area contributed by atoms with E-state index in [2.05, 4.69) is 17.0 Å². The van der Waals surface area contributed by atoms with Gasteiger partial charge in [-0.25, -0.2) is 4.79 Å². The summed E-state index contributed by atoms with van der Waals surface area (Å²) < 4.78 is 12.6. The third-order valence-corrected chi connectivity index (χ3v) is 4.93. The van der Waals surface area contributed by atoms with Crippen molar-refractivity contribution >= 4 is 22.6 Å². The molecule has 3 rings (SSSR count). The zero-order chi connectivity index (χ0) is 23.1. The van der Waals surface area contributed by atoms with Crippen LogP contribution >= 0.6 is 0 Å². The van der Waals surface area contributed by atoms with Crippen molar-refractivity contribution in [2.45, 2.75) is 20.4 Å². The maximum atomic E-state index is 12.3. The molecule has 0 aliphatic heterocycles. The molecule has 0 unspecified atom stereocenters. The Kier molecular flexibility index (Phi) is 7.10. The average Bonchev–Trinajstić information content (AvgIpc) is 3.16. The number of ether oxygens (including phenoxy) is 2. The van der Waals surface area contributed by atoms with Gasteiger partial charge >= 0.3 is 5.97 Å². The summed E-state index contributed by atoms with van der Waals surface area (Å²) in [6.07, 6.45) is 8.66. The van der Waals surface area contributed by atoms with Crippen LogP contribution in [0.15, 0.2) is 60.2 Å². The Morgan fingerprint density at radius 3 is 2.62 bits per heavy atom. The van der Waals surface area contributed by atoms with Gasteiger partial charge in [0, 0.05) is 5.57 Å². The van der Waals surface area contributed by atoms with Gasteiger partial charge in [-0.05, 0) is 54.8 Å². The number of hydrogen-bond acceptors (Lipinski definition) is 5. The topological polar surface area (TPSA) is 77.1 Å². The van der Waals surface area contributed by atoms with Crippen LogP contribution in [0.4, 0.5) is 0 Å². The molecule has 3 aromatic rings. The second kappa shape index (κ2) is 10.1. The molecule has 6 heteroatoms. The van der Waals surface area contributed by atoms with Gasteiger partial charge in [0.05, 0.1) is 42.9 Å². The zero-order valence-corrected chi connectivity index (χ0v) is 18.3. The number of nitriles is 1. The molecule has 0 saturated carbocycles. The van der Waals surface area contributed by atoms with Crippen molar-refractivity contribution in [3.63, 3.8) is 0 Å². The Labute approximate surface area is 187 Å².